The van der Waals surface area contributed by atoms with Crippen molar-refractivity contribution < 1.29 is 9.26 Å². The number of halogens is 1. The van der Waals surface area contributed by atoms with Crippen LogP contribution in [0, 0.1) is 12.3 Å². The fourth-order valence-corrected chi connectivity index (χ4v) is 1.73. The summed E-state index contributed by atoms with van der Waals surface area (Å²) in [6.07, 6.45) is 0.0912. The van der Waals surface area contributed by atoms with Crippen LogP contribution in [0.3, 0.4) is 0 Å². The molecule has 1 aromatic rings. The monoisotopic (exact) mass is 411 g/mol. The maximum atomic E-state index is 5.49. The van der Waals surface area contributed by atoms with Crippen LogP contribution in [0.4, 0.5) is 0 Å². The number of methoxy groups -OCH3 is 1. The fraction of sp³-hybridized carbons (Fsp3) is 0.769. The van der Waals surface area contributed by atoms with Gasteiger partial charge in [0, 0.05) is 27.6 Å². The Hall–Kier alpha value is -0.900. The van der Waals surface area contributed by atoms with Gasteiger partial charge in [0.05, 0.1) is 12.6 Å². The Morgan fingerprint density at radius 2 is 2.05 bits per heavy atom. The van der Waals surface area contributed by atoms with Crippen molar-refractivity contribution >= 4 is 29.9 Å². The normalized spacial score (nSPS) is 13.5. The van der Waals surface area contributed by atoms with E-state index in [-0.39, 0.29) is 35.5 Å². The Morgan fingerprint density at radius 1 is 1.38 bits per heavy atom. The molecule has 0 saturated carbocycles. The van der Waals surface area contributed by atoms with E-state index in [0.29, 0.717) is 30.8 Å². The number of aryl methyl sites for hydroxylation is 1. The lowest BCUT2D eigenvalue weighted by Crippen LogP contribution is -2.45. The van der Waals surface area contributed by atoms with Crippen LogP contribution in [0.15, 0.2) is 9.52 Å². The number of hydrogen-bond donors (Lipinski definition) is 2. The number of aromatic nitrogens is 2. The van der Waals surface area contributed by atoms with Crippen LogP contribution in [0.5, 0.6) is 0 Å². The highest BCUT2D eigenvalue weighted by Crippen LogP contribution is 2.20. The molecule has 2 N–H and O–H groups in total. The number of guanidine groups is 1. The summed E-state index contributed by atoms with van der Waals surface area (Å²) in [7, 11) is 3.44. The van der Waals surface area contributed by atoms with Crippen molar-refractivity contribution in [2.24, 2.45) is 10.4 Å². The standard InChI is InChI=1S/C13H25N5O2.HI/c1-9-17-11(18-20-9)8-16-12(14-5)15-7-10(19-6)13(2,3)4;/h10H,7-8H2,1-6H3,(H2,14,15,16);1H. The molecule has 21 heavy (non-hydrogen) atoms. The lowest BCUT2D eigenvalue weighted by atomic mass is 9.89. The Labute approximate surface area is 143 Å². The van der Waals surface area contributed by atoms with Crippen molar-refractivity contribution in [3.05, 3.63) is 11.7 Å². The number of aliphatic imine (C=N–C) groups is 1. The zero-order chi connectivity index (χ0) is 15.2. The number of nitrogens with one attached hydrogen (secondary N) is 2. The zero-order valence-electron chi connectivity index (χ0n) is 13.6. The molecule has 0 aliphatic heterocycles. The van der Waals surface area contributed by atoms with E-state index in [4.69, 9.17) is 9.26 Å². The van der Waals surface area contributed by atoms with Crippen molar-refractivity contribution in [2.45, 2.75) is 40.3 Å². The first-order valence-electron chi connectivity index (χ1n) is 6.63. The second-order valence-corrected chi connectivity index (χ2v) is 5.63. The van der Waals surface area contributed by atoms with Crippen LogP contribution in [0.25, 0.3) is 0 Å². The predicted octanol–water partition coefficient (Wildman–Crippen LogP) is 1.72. The Bertz CT molecular complexity index is 442. The van der Waals surface area contributed by atoms with Gasteiger partial charge in [-0.15, -0.1) is 24.0 Å². The molecule has 8 heteroatoms. The molecule has 122 valence electrons. The highest BCUT2D eigenvalue weighted by Gasteiger charge is 2.24. The molecule has 0 radical (unpaired) electrons. The van der Waals surface area contributed by atoms with Gasteiger partial charge in [-0.25, -0.2) is 0 Å². The lowest BCUT2D eigenvalue weighted by Gasteiger charge is -2.29. The summed E-state index contributed by atoms with van der Waals surface area (Å²) in [6, 6.07) is 0. The Morgan fingerprint density at radius 3 is 2.48 bits per heavy atom. The van der Waals surface area contributed by atoms with Gasteiger partial charge in [0.15, 0.2) is 11.8 Å². The molecule has 0 aliphatic rings. The van der Waals surface area contributed by atoms with Crippen molar-refractivity contribution in [3.63, 3.8) is 0 Å². The van der Waals surface area contributed by atoms with E-state index in [9.17, 15) is 0 Å². The maximum Gasteiger partial charge on any atom is 0.223 e. The molecule has 0 bridgehead atoms. The van der Waals surface area contributed by atoms with Crippen LogP contribution in [-0.2, 0) is 11.3 Å². The summed E-state index contributed by atoms with van der Waals surface area (Å²) in [5.41, 5.74) is 0.0609. The van der Waals surface area contributed by atoms with Gasteiger partial charge < -0.3 is 19.9 Å². The highest BCUT2D eigenvalue weighted by atomic mass is 127. The first-order chi connectivity index (χ1) is 9.36. The van der Waals surface area contributed by atoms with E-state index >= 15 is 0 Å². The minimum atomic E-state index is 0. The van der Waals surface area contributed by atoms with Gasteiger partial charge in [0.2, 0.25) is 5.89 Å². The van der Waals surface area contributed by atoms with Crippen molar-refractivity contribution in [1.82, 2.24) is 20.8 Å². The minimum Gasteiger partial charge on any atom is -0.379 e. The summed E-state index contributed by atoms with van der Waals surface area (Å²) in [5.74, 6) is 1.83. The third kappa shape index (κ3) is 7.07. The SMILES string of the molecule is CN=C(NCc1noc(C)n1)NCC(OC)C(C)(C)C.I. The predicted molar refractivity (Wildman–Crippen MR) is 92.9 cm³/mol. The smallest absolute Gasteiger partial charge is 0.223 e. The molecule has 1 rings (SSSR count). The van der Waals surface area contributed by atoms with Gasteiger partial charge in [-0.05, 0) is 5.41 Å². The number of rotatable bonds is 5. The summed E-state index contributed by atoms with van der Waals surface area (Å²) in [6.45, 7) is 9.31. The first kappa shape index (κ1) is 20.1. The van der Waals surface area contributed by atoms with Crippen LogP contribution >= 0.6 is 24.0 Å². The summed E-state index contributed by atoms with van der Waals surface area (Å²) < 4.78 is 10.4. The molecule has 0 saturated heterocycles. The maximum absolute atomic E-state index is 5.49. The molecule has 0 spiro atoms. The molecule has 1 heterocycles. The summed E-state index contributed by atoms with van der Waals surface area (Å²) in [5, 5.41) is 10.2. The van der Waals surface area contributed by atoms with Crippen molar-refractivity contribution in [2.75, 3.05) is 20.7 Å². The molecule has 0 aliphatic carbocycles. The van der Waals surface area contributed by atoms with Crippen molar-refractivity contribution in [3.8, 4) is 0 Å². The topological polar surface area (TPSA) is 84.6 Å². The molecule has 7 nitrogen and oxygen atoms in total. The van der Waals surface area contributed by atoms with Gasteiger partial charge in [0.1, 0.15) is 0 Å². The molecule has 0 aromatic carbocycles. The molecule has 1 atom stereocenters. The molecule has 0 amide bonds. The molecule has 0 fully saturated rings. The third-order valence-electron chi connectivity index (χ3n) is 2.91. The summed E-state index contributed by atoms with van der Waals surface area (Å²) >= 11 is 0. The van der Waals surface area contributed by atoms with E-state index in [0.717, 1.165) is 0 Å². The second kappa shape index (κ2) is 9.19. The molecule has 1 unspecified atom stereocenters. The quantitative estimate of drug-likeness (QED) is 0.436. The van der Waals surface area contributed by atoms with Gasteiger partial charge in [-0.2, -0.15) is 4.98 Å². The third-order valence-corrected chi connectivity index (χ3v) is 2.91. The van der Waals surface area contributed by atoms with Crippen LogP contribution in [-0.4, -0.2) is 42.9 Å². The highest BCUT2D eigenvalue weighted by molar-refractivity contribution is 14.0. The van der Waals surface area contributed by atoms with E-state index in [1.165, 1.54) is 0 Å². The van der Waals surface area contributed by atoms with E-state index < -0.39 is 0 Å². The second-order valence-electron chi connectivity index (χ2n) is 5.63. The van der Waals surface area contributed by atoms with Crippen molar-refractivity contribution in [1.29, 1.82) is 0 Å². The number of nitrogens with zero attached hydrogens (tertiary/aromatic N) is 3. The number of hydrogen-bond acceptors (Lipinski definition) is 5. The summed E-state index contributed by atoms with van der Waals surface area (Å²) in [4.78, 5) is 8.27. The van der Waals surface area contributed by atoms with E-state index in [2.05, 4.69) is 46.5 Å². The Balaban J connectivity index is 0.00000400. The fourth-order valence-electron chi connectivity index (χ4n) is 1.73. The lowest BCUT2D eigenvalue weighted by molar-refractivity contribution is 0.0205. The van der Waals surface area contributed by atoms with Crippen LogP contribution < -0.4 is 10.6 Å². The minimum absolute atomic E-state index is 0. The van der Waals surface area contributed by atoms with Gasteiger partial charge in [-0.1, -0.05) is 25.9 Å². The largest absolute Gasteiger partial charge is 0.379 e. The van der Waals surface area contributed by atoms with E-state index in [1.807, 2.05) is 0 Å². The van der Waals surface area contributed by atoms with Gasteiger partial charge in [0.25, 0.3) is 0 Å². The van der Waals surface area contributed by atoms with Gasteiger partial charge in [-0.3, -0.25) is 4.99 Å². The van der Waals surface area contributed by atoms with E-state index in [1.54, 1.807) is 21.1 Å². The molecular formula is C13H26IN5O2. The average molecular weight is 411 g/mol. The first-order valence-corrected chi connectivity index (χ1v) is 6.63. The average Bonchev–Trinajstić information content (AvgIpc) is 2.78. The van der Waals surface area contributed by atoms with Crippen LogP contribution in [0.2, 0.25) is 0 Å². The Kier molecular flexibility index (Phi) is 8.79. The van der Waals surface area contributed by atoms with Crippen LogP contribution in [0.1, 0.15) is 32.5 Å². The molecule has 1 aromatic heterocycles. The number of ether oxygens (including phenoxy) is 1. The molecular weight excluding hydrogens is 385 g/mol. The zero-order valence-corrected chi connectivity index (χ0v) is 15.9. The van der Waals surface area contributed by atoms with Gasteiger partial charge >= 0.3 is 0 Å².